The van der Waals surface area contributed by atoms with Gasteiger partial charge in [0.25, 0.3) is 0 Å². The molecule has 0 radical (unpaired) electrons. The molecular formula is C10H21N3O2S. The molecule has 1 N–H and O–H groups in total. The van der Waals surface area contributed by atoms with Crippen LogP contribution in [0, 0.1) is 11.3 Å². The van der Waals surface area contributed by atoms with Crippen molar-refractivity contribution < 1.29 is 8.42 Å². The molecule has 0 aromatic carbocycles. The maximum atomic E-state index is 10.9. The second kappa shape index (κ2) is 7.60. The molecular weight excluding hydrogens is 226 g/mol. The number of rotatable bonds is 8. The van der Waals surface area contributed by atoms with Gasteiger partial charge in [-0.1, -0.05) is 6.92 Å². The third-order valence-electron chi connectivity index (χ3n) is 2.25. The van der Waals surface area contributed by atoms with Gasteiger partial charge < -0.3 is 10.2 Å². The molecule has 0 aliphatic carbocycles. The fourth-order valence-electron chi connectivity index (χ4n) is 1.24. The molecule has 16 heavy (non-hydrogen) atoms. The predicted octanol–water partition coefficient (Wildman–Crippen LogP) is -0.145. The fraction of sp³-hybridized carbons (Fsp3) is 0.900. The predicted molar refractivity (Wildman–Crippen MR) is 64.9 cm³/mol. The Morgan fingerprint density at radius 2 is 2.06 bits per heavy atom. The van der Waals surface area contributed by atoms with Crippen LogP contribution in [0.5, 0.6) is 0 Å². The Morgan fingerprint density at radius 3 is 2.50 bits per heavy atom. The zero-order chi connectivity index (χ0) is 12.6. The fourth-order valence-corrected chi connectivity index (χ4v) is 1.88. The summed E-state index contributed by atoms with van der Waals surface area (Å²) >= 11 is 0. The summed E-state index contributed by atoms with van der Waals surface area (Å²) in [4.78, 5) is 1.93. The van der Waals surface area contributed by atoms with E-state index in [4.69, 9.17) is 5.26 Å². The van der Waals surface area contributed by atoms with Crippen LogP contribution in [0.15, 0.2) is 0 Å². The van der Waals surface area contributed by atoms with Crippen molar-refractivity contribution in [2.45, 2.75) is 19.4 Å². The summed E-state index contributed by atoms with van der Waals surface area (Å²) < 4.78 is 21.9. The van der Waals surface area contributed by atoms with Crippen molar-refractivity contribution in [2.75, 3.05) is 38.7 Å². The van der Waals surface area contributed by atoms with Gasteiger partial charge in [0.15, 0.2) is 0 Å². The molecule has 0 aliphatic heterocycles. The van der Waals surface area contributed by atoms with Crippen molar-refractivity contribution in [1.82, 2.24) is 10.2 Å². The molecule has 0 aromatic rings. The highest BCUT2D eigenvalue weighted by Gasteiger charge is 2.09. The van der Waals surface area contributed by atoms with Gasteiger partial charge in [-0.05, 0) is 20.0 Å². The van der Waals surface area contributed by atoms with Crippen LogP contribution in [0.3, 0.4) is 0 Å². The number of sulfone groups is 1. The van der Waals surface area contributed by atoms with Crippen molar-refractivity contribution >= 4 is 9.84 Å². The van der Waals surface area contributed by atoms with E-state index >= 15 is 0 Å². The van der Waals surface area contributed by atoms with Crippen LogP contribution in [0.4, 0.5) is 0 Å². The maximum absolute atomic E-state index is 10.9. The molecule has 0 saturated heterocycles. The molecule has 6 heteroatoms. The normalized spacial score (nSPS) is 13.7. The topological polar surface area (TPSA) is 73.2 Å². The summed E-state index contributed by atoms with van der Waals surface area (Å²) in [5.74, 6) is 0.169. The molecule has 0 saturated carbocycles. The summed E-state index contributed by atoms with van der Waals surface area (Å²) in [6.45, 7) is 3.97. The summed E-state index contributed by atoms with van der Waals surface area (Å²) in [6, 6.07) is 2.03. The summed E-state index contributed by atoms with van der Waals surface area (Å²) in [6.07, 6.45) is 1.95. The minimum Gasteiger partial charge on any atom is -0.305 e. The first kappa shape index (κ1) is 15.4. The standard InChI is InChI=1S/C10H21N3O2S/c1-4-12-10(9-11)5-6-13(2)7-8-16(3,14)15/h10,12H,4-8H2,1-3H3. The smallest absolute Gasteiger partial charge is 0.148 e. The molecule has 0 fully saturated rings. The zero-order valence-corrected chi connectivity index (χ0v) is 11.0. The van der Waals surface area contributed by atoms with E-state index in [1.54, 1.807) is 0 Å². The number of nitriles is 1. The van der Waals surface area contributed by atoms with Crippen molar-refractivity contribution in [3.8, 4) is 6.07 Å². The van der Waals surface area contributed by atoms with Gasteiger partial charge in [0, 0.05) is 19.3 Å². The second-order valence-corrected chi connectivity index (χ2v) is 6.22. The minimum absolute atomic E-state index is 0.148. The van der Waals surface area contributed by atoms with Crippen LogP contribution in [0.1, 0.15) is 13.3 Å². The molecule has 1 unspecified atom stereocenters. The molecule has 5 nitrogen and oxygen atoms in total. The molecule has 0 heterocycles. The van der Waals surface area contributed by atoms with Crippen LogP contribution < -0.4 is 5.32 Å². The van der Waals surface area contributed by atoms with E-state index in [9.17, 15) is 8.42 Å². The Bertz CT molecular complexity index is 321. The third-order valence-corrected chi connectivity index (χ3v) is 3.17. The Balaban J connectivity index is 3.80. The minimum atomic E-state index is -2.90. The van der Waals surface area contributed by atoms with Crippen LogP contribution >= 0.6 is 0 Å². The molecule has 0 amide bonds. The first-order valence-corrected chi connectivity index (χ1v) is 7.44. The van der Waals surface area contributed by atoms with E-state index in [2.05, 4.69) is 11.4 Å². The third kappa shape index (κ3) is 8.65. The van der Waals surface area contributed by atoms with Crippen LogP contribution in [0.25, 0.3) is 0 Å². The second-order valence-electron chi connectivity index (χ2n) is 3.96. The summed E-state index contributed by atoms with van der Waals surface area (Å²) in [7, 11) is -1.03. The lowest BCUT2D eigenvalue weighted by Crippen LogP contribution is -2.33. The van der Waals surface area contributed by atoms with Crippen molar-refractivity contribution in [3.63, 3.8) is 0 Å². The lowest BCUT2D eigenvalue weighted by Gasteiger charge is -2.18. The highest BCUT2D eigenvalue weighted by Crippen LogP contribution is 1.95. The van der Waals surface area contributed by atoms with Gasteiger partial charge in [-0.15, -0.1) is 0 Å². The van der Waals surface area contributed by atoms with Crippen LogP contribution in [-0.2, 0) is 9.84 Å². The monoisotopic (exact) mass is 247 g/mol. The number of hydrogen-bond donors (Lipinski definition) is 1. The van der Waals surface area contributed by atoms with Gasteiger partial charge in [-0.2, -0.15) is 5.26 Å². The molecule has 1 atom stereocenters. The summed E-state index contributed by atoms with van der Waals surface area (Å²) in [5.41, 5.74) is 0. The van der Waals surface area contributed by atoms with Gasteiger partial charge >= 0.3 is 0 Å². The zero-order valence-electron chi connectivity index (χ0n) is 10.2. The lowest BCUT2D eigenvalue weighted by molar-refractivity contribution is 0.335. The van der Waals surface area contributed by atoms with E-state index in [1.165, 1.54) is 6.26 Å². The Morgan fingerprint density at radius 1 is 1.44 bits per heavy atom. The molecule has 0 spiro atoms. The molecule has 0 aromatic heterocycles. The molecule has 0 aliphatic rings. The van der Waals surface area contributed by atoms with Gasteiger partial charge in [-0.25, -0.2) is 8.42 Å². The first-order valence-electron chi connectivity index (χ1n) is 5.38. The molecule has 0 bridgehead atoms. The maximum Gasteiger partial charge on any atom is 0.148 e. The SMILES string of the molecule is CCNC(C#N)CCN(C)CCS(C)(=O)=O. The average molecular weight is 247 g/mol. The molecule has 94 valence electrons. The Kier molecular flexibility index (Phi) is 7.30. The van der Waals surface area contributed by atoms with E-state index in [0.717, 1.165) is 13.1 Å². The van der Waals surface area contributed by atoms with Gasteiger partial charge in [-0.3, -0.25) is 0 Å². The Hall–Kier alpha value is -0.640. The van der Waals surface area contributed by atoms with Crippen molar-refractivity contribution in [2.24, 2.45) is 0 Å². The van der Waals surface area contributed by atoms with Crippen molar-refractivity contribution in [1.29, 1.82) is 5.26 Å². The highest BCUT2D eigenvalue weighted by atomic mass is 32.2. The van der Waals surface area contributed by atoms with Gasteiger partial charge in [0.05, 0.1) is 17.9 Å². The number of nitrogens with one attached hydrogen (secondary N) is 1. The summed E-state index contributed by atoms with van der Waals surface area (Å²) in [5, 5.41) is 11.9. The van der Waals surface area contributed by atoms with Gasteiger partial charge in [0.2, 0.25) is 0 Å². The quantitative estimate of drug-likeness (QED) is 0.646. The van der Waals surface area contributed by atoms with E-state index in [0.29, 0.717) is 13.0 Å². The largest absolute Gasteiger partial charge is 0.305 e. The number of nitrogens with zero attached hydrogens (tertiary/aromatic N) is 2. The molecule has 0 rings (SSSR count). The van der Waals surface area contributed by atoms with E-state index in [1.807, 2.05) is 18.9 Å². The number of hydrogen-bond acceptors (Lipinski definition) is 5. The lowest BCUT2D eigenvalue weighted by atomic mass is 10.2. The highest BCUT2D eigenvalue weighted by molar-refractivity contribution is 7.90. The van der Waals surface area contributed by atoms with Gasteiger partial charge in [0.1, 0.15) is 9.84 Å². The Labute approximate surface area is 98.4 Å². The van der Waals surface area contributed by atoms with Crippen LogP contribution in [-0.4, -0.2) is 58.1 Å². The average Bonchev–Trinajstić information content (AvgIpc) is 2.20. The van der Waals surface area contributed by atoms with Crippen LogP contribution in [0.2, 0.25) is 0 Å². The van der Waals surface area contributed by atoms with E-state index < -0.39 is 9.84 Å². The van der Waals surface area contributed by atoms with Crippen molar-refractivity contribution in [3.05, 3.63) is 0 Å². The first-order chi connectivity index (χ1) is 7.39. The van der Waals surface area contributed by atoms with E-state index in [-0.39, 0.29) is 11.8 Å².